The van der Waals surface area contributed by atoms with Crippen LogP contribution in [0.2, 0.25) is 0 Å². The van der Waals surface area contributed by atoms with Crippen LogP contribution in [0.15, 0.2) is 49.1 Å². The van der Waals surface area contributed by atoms with E-state index >= 15 is 0 Å². The van der Waals surface area contributed by atoms with Gasteiger partial charge in [-0.1, -0.05) is 12.1 Å². The maximum Gasteiger partial charge on any atom is 0.223 e. The molecule has 29 heavy (non-hydrogen) atoms. The predicted molar refractivity (Wildman–Crippen MR) is 107 cm³/mol. The highest BCUT2D eigenvalue weighted by atomic mass is 16.5. The van der Waals surface area contributed by atoms with Gasteiger partial charge in [0.25, 0.3) is 0 Å². The van der Waals surface area contributed by atoms with Crippen molar-refractivity contribution in [2.75, 3.05) is 38.2 Å². The smallest absolute Gasteiger partial charge is 0.223 e. The summed E-state index contributed by atoms with van der Waals surface area (Å²) in [6.45, 7) is 2.86. The lowest BCUT2D eigenvalue weighted by molar-refractivity contribution is -0.131. The summed E-state index contributed by atoms with van der Waals surface area (Å²) in [6.07, 6.45) is 4.29. The summed E-state index contributed by atoms with van der Waals surface area (Å²) < 4.78 is 6.73. The zero-order chi connectivity index (χ0) is 20.1. The van der Waals surface area contributed by atoms with Crippen LogP contribution in [0.4, 0.5) is 5.82 Å². The minimum absolute atomic E-state index is 0.188. The van der Waals surface area contributed by atoms with E-state index in [1.165, 1.54) is 6.33 Å². The number of anilines is 1. The first-order valence-corrected chi connectivity index (χ1v) is 9.57. The van der Waals surface area contributed by atoms with E-state index in [0.29, 0.717) is 25.3 Å². The Balaban J connectivity index is 1.26. The van der Waals surface area contributed by atoms with Crippen LogP contribution in [0.25, 0.3) is 5.82 Å². The predicted octanol–water partition coefficient (Wildman–Crippen LogP) is 1.35. The normalized spacial score (nSPS) is 14.1. The first-order chi connectivity index (χ1) is 14.2. The Morgan fingerprint density at radius 2 is 1.72 bits per heavy atom. The number of carbonyl (C=O) groups excluding carboxylic acids is 1. The molecule has 150 valence electrons. The third-order valence-corrected chi connectivity index (χ3v) is 5.03. The third-order valence-electron chi connectivity index (χ3n) is 5.03. The minimum Gasteiger partial charge on any atom is -0.497 e. The molecule has 3 aromatic rings. The first kappa shape index (κ1) is 18.9. The number of hydrogen-bond donors (Lipinski definition) is 0. The molecule has 3 heterocycles. The molecule has 0 saturated carbocycles. The zero-order valence-corrected chi connectivity index (χ0v) is 16.3. The summed E-state index contributed by atoms with van der Waals surface area (Å²) in [5.41, 5.74) is 1.14. The van der Waals surface area contributed by atoms with Crippen LogP contribution < -0.4 is 9.64 Å². The van der Waals surface area contributed by atoms with Gasteiger partial charge >= 0.3 is 0 Å². The highest BCUT2D eigenvalue weighted by Gasteiger charge is 2.22. The molecule has 0 aliphatic carbocycles. The second-order valence-corrected chi connectivity index (χ2v) is 6.81. The number of amides is 1. The van der Waals surface area contributed by atoms with Gasteiger partial charge in [0.15, 0.2) is 11.6 Å². The van der Waals surface area contributed by atoms with Crippen molar-refractivity contribution in [1.82, 2.24) is 29.9 Å². The first-order valence-electron chi connectivity index (χ1n) is 9.57. The summed E-state index contributed by atoms with van der Waals surface area (Å²) in [5.74, 6) is 2.44. The van der Waals surface area contributed by atoms with Crippen LogP contribution in [0.3, 0.4) is 0 Å². The van der Waals surface area contributed by atoms with Crippen molar-refractivity contribution in [1.29, 1.82) is 0 Å². The van der Waals surface area contributed by atoms with Gasteiger partial charge < -0.3 is 14.5 Å². The highest BCUT2D eigenvalue weighted by Crippen LogP contribution is 2.16. The van der Waals surface area contributed by atoms with Crippen LogP contribution in [0.5, 0.6) is 5.75 Å². The van der Waals surface area contributed by atoms with Gasteiger partial charge in [0, 0.05) is 32.6 Å². The quantitative estimate of drug-likeness (QED) is 0.624. The second-order valence-electron chi connectivity index (χ2n) is 6.81. The van der Waals surface area contributed by atoms with Crippen molar-refractivity contribution in [3.63, 3.8) is 0 Å². The minimum atomic E-state index is 0.188. The molecule has 1 aromatic carbocycles. The summed E-state index contributed by atoms with van der Waals surface area (Å²) in [5, 5.41) is 12.5. The fourth-order valence-electron chi connectivity index (χ4n) is 3.32. The van der Waals surface area contributed by atoms with E-state index in [9.17, 15) is 4.79 Å². The number of hydrogen-bond acceptors (Lipinski definition) is 7. The van der Waals surface area contributed by atoms with Gasteiger partial charge in [0.05, 0.1) is 7.11 Å². The number of nitrogens with zero attached hydrogens (tertiary/aromatic N) is 7. The topological polar surface area (TPSA) is 89.3 Å². The van der Waals surface area contributed by atoms with Crippen LogP contribution in [-0.2, 0) is 11.2 Å². The molecule has 9 nitrogen and oxygen atoms in total. The van der Waals surface area contributed by atoms with Crippen LogP contribution in [-0.4, -0.2) is 69.1 Å². The van der Waals surface area contributed by atoms with Gasteiger partial charge in [-0.3, -0.25) is 4.79 Å². The summed E-state index contributed by atoms with van der Waals surface area (Å²) in [7, 11) is 1.65. The average molecular weight is 393 g/mol. The molecular weight excluding hydrogens is 370 g/mol. The number of aryl methyl sites for hydroxylation is 1. The van der Waals surface area contributed by atoms with E-state index in [4.69, 9.17) is 4.74 Å². The zero-order valence-electron chi connectivity index (χ0n) is 16.3. The molecule has 0 N–H and O–H groups in total. The SMILES string of the molecule is COc1ccc(CCC(=O)N2CCN(c3ccc(-n4cncn4)nn3)CC2)cc1. The number of aromatic nitrogens is 5. The fraction of sp³-hybridized carbons (Fsp3) is 0.350. The lowest BCUT2D eigenvalue weighted by Crippen LogP contribution is -2.49. The largest absolute Gasteiger partial charge is 0.497 e. The number of benzene rings is 1. The van der Waals surface area contributed by atoms with Crippen LogP contribution >= 0.6 is 0 Å². The van der Waals surface area contributed by atoms with E-state index < -0.39 is 0 Å². The van der Waals surface area contributed by atoms with Gasteiger partial charge in [0.2, 0.25) is 5.91 Å². The molecule has 1 fully saturated rings. The Bertz CT molecular complexity index is 918. The Morgan fingerprint density at radius 1 is 1.00 bits per heavy atom. The number of ether oxygens (including phenoxy) is 1. The Morgan fingerprint density at radius 3 is 2.34 bits per heavy atom. The second kappa shape index (κ2) is 8.68. The van der Waals surface area contributed by atoms with E-state index in [2.05, 4.69) is 25.2 Å². The average Bonchev–Trinajstić information content (AvgIpc) is 3.33. The highest BCUT2D eigenvalue weighted by molar-refractivity contribution is 5.76. The van der Waals surface area contributed by atoms with E-state index in [-0.39, 0.29) is 5.91 Å². The Kier molecular flexibility index (Phi) is 5.64. The van der Waals surface area contributed by atoms with Crippen molar-refractivity contribution < 1.29 is 9.53 Å². The van der Waals surface area contributed by atoms with E-state index in [0.717, 1.165) is 36.6 Å². The monoisotopic (exact) mass is 393 g/mol. The van der Waals surface area contributed by atoms with Crippen molar-refractivity contribution in [2.24, 2.45) is 0 Å². The molecule has 0 unspecified atom stereocenters. The molecule has 1 aliphatic heterocycles. The van der Waals surface area contributed by atoms with Crippen LogP contribution in [0.1, 0.15) is 12.0 Å². The molecule has 0 atom stereocenters. The van der Waals surface area contributed by atoms with Crippen LogP contribution in [0, 0.1) is 0 Å². The van der Waals surface area contributed by atoms with Gasteiger partial charge in [-0.2, -0.15) is 5.10 Å². The third kappa shape index (κ3) is 4.50. The number of rotatable bonds is 6. The lowest BCUT2D eigenvalue weighted by Gasteiger charge is -2.35. The lowest BCUT2D eigenvalue weighted by atomic mass is 10.1. The fourth-order valence-corrected chi connectivity index (χ4v) is 3.32. The number of piperazine rings is 1. The molecule has 0 radical (unpaired) electrons. The molecule has 0 spiro atoms. The maximum absolute atomic E-state index is 12.6. The van der Waals surface area contributed by atoms with Crippen molar-refractivity contribution >= 4 is 11.7 Å². The summed E-state index contributed by atoms with van der Waals surface area (Å²) in [4.78, 5) is 20.5. The number of methoxy groups -OCH3 is 1. The Labute approximate surface area is 168 Å². The molecule has 2 aromatic heterocycles. The molecule has 1 saturated heterocycles. The summed E-state index contributed by atoms with van der Waals surface area (Å²) in [6, 6.07) is 11.6. The number of carbonyl (C=O) groups is 1. The Hall–Kier alpha value is -3.49. The standard InChI is InChI=1S/C20H23N7O2/c1-29-17-5-2-16(3-6-17)4-9-20(28)26-12-10-25(11-13-26)18-7-8-19(24-23-18)27-15-21-14-22-27/h2-3,5-8,14-15H,4,9-13H2,1H3. The molecule has 1 aliphatic rings. The summed E-state index contributed by atoms with van der Waals surface area (Å²) >= 11 is 0. The molecule has 0 bridgehead atoms. The van der Waals surface area contributed by atoms with E-state index in [1.807, 2.05) is 41.3 Å². The van der Waals surface area contributed by atoms with E-state index in [1.54, 1.807) is 18.1 Å². The van der Waals surface area contributed by atoms with Crippen molar-refractivity contribution in [3.8, 4) is 11.6 Å². The van der Waals surface area contributed by atoms with Gasteiger partial charge in [-0.15, -0.1) is 10.2 Å². The molecule has 9 heteroatoms. The van der Waals surface area contributed by atoms with Crippen molar-refractivity contribution in [3.05, 3.63) is 54.6 Å². The van der Waals surface area contributed by atoms with Crippen molar-refractivity contribution in [2.45, 2.75) is 12.8 Å². The molecule has 4 rings (SSSR count). The van der Waals surface area contributed by atoms with Gasteiger partial charge in [-0.05, 0) is 36.2 Å². The maximum atomic E-state index is 12.6. The molecular formula is C20H23N7O2. The molecule has 1 amide bonds. The van der Waals surface area contributed by atoms with Gasteiger partial charge in [-0.25, -0.2) is 9.67 Å². The van der Waals surface area contributed by atoms with Gasteiger partial charge in [0.1, 0.15) is 18.4 Å².